The molecule has 2 aromatic rings. The van der Waals surface area contributed by atoms with E-state index in [9.17, 15) is 4.79 Å². The van der Waals surface area contributed by atoms with Crippen molar-refractivity contribution in [3.05, 3.63) is 47.3 Å². The fraction of sp³-hybridized carbons (Fsp3) is 0.471. The quantitative estimate of drug-likeness (QED) is 0.847. The van der Waals surface area contributed by atoms with E-state index in [1.54, 1.807) is 12.3 Å². The van der Waals surface area contributed by atoms with E-state index in [4.69, 9.17) is 11.6 Å². The van der Waals surface area contributed by atoms with E-state index in [2.05, 4.69) is 19.4 Å². The zero-order valence-electron chi connectivity index (χ0n) is 13.9. The summed E-state index contributed by atoms with van der Waals surface area (Å²) >= 11 is 6.10. The fourth-order valence-corrected chi connectivity index (χ4v) is 3.21. The fourth-order valence-electron chi connectivity index (χ4n) is 3.01. The van der Waals surface area contributed by atoms with E-state index < -0.39 is 0 Å². The first kappa shape index (κ1) is 16.9. The van der Waals surface area contributed by atoms with Crippen LogP contribution in [0.3, 0.4) is 0 Å². The molecule has 1 saturated heterocycles. The molecule has 6 nitrogen and oxygen atoms in total. The van der Waals surface area contributed by atoms with Gasteiger partial charge in [-0.15, -0.1) is 0 Å². The lowest BCUT2D eigenvalue weighted by Gasteiger charge is -2.22. The predicted octanol–water partition coefficient (Wildman–Crippen LogP) is 1.86. The molecule has 2 aromatic heterocycles. The average Bonchev–Trinajstić information content (AvgIpc) is 2.85. The summed E-state index contributed by atoms with van der Waals surface area (Å²) in [4.78, 5) is 25.2. The summed E-state index contributed by atoms with van der Waals surface area (Å²) in [7, 11) is 2.02. The normalized spacial score (nSPS) is 16.2. The van der Waals surface area contributed by atoms with Crippen molar-refractivity contribution in [2.24, 2.45) is 7.05 Å². The maximum absolute atomic E-state index is 12.7. The number of aryl methyl sites for hydroxylation is 1. The highest BCUT2D eigenvalue weighted by atomic mass is 35.5. The van der Waals surface area contributed by atoms with Crippen LogP contribution in [0.1, 0.15) is 22.6 Å². The van der Waals surface area contributed by atoms with Gasteiger partial charge in [0, 0.05) is 64.4 Å². The smallest absolute Gasteiger partial charge is 0.255 e. The van der Waals surface area contributed by atoms with Crippen LogP contribution in [-0.4, -0.2) is 63.0 Å². The van der Waals surface area contributed by atoms with Gasteiger partial charge in [0.1, 0.15) is 5.82 Å². The van der Waals surface area contributed by atoms with E-state index in [1.807, 2.05) is 24.3 Å². The summed E-state index contributed by atoms with van der Waals surface area (Å²) in [5.41, 5.74) is 0.535. The average molecular weight is 348 g/mol. The number of hydrogen-bond donors (Lipinski definition) is 0. The molecule has 1 aliphatic heterocycles. The number of pyridine rings is 1. The topological polar surface area (TPSA) is 54.3 Å². The summed E-state index contributed by atoms with van der Waals surface area (Å²) in [6.45, 7) is 4.31. The molecular weight excluding hydrogens is 326 g/mol. The highest BCUT2D eigenvalue weighted by Gasteiger charge is 2.22. The van der Waals surface area contributed by atoms with Crippen LogP contribution < -0.4 is 0 Å². The first-order chi connectivity index (χ1) is 11.6. The third-order valence-electron chi connectivity index (χ3n) is 4.45. The van der Waals surface area contributed by atoms with E-state index in [0.717, 1.165) is 51.4 Å². The van der Waals surface area contributed by atoms with Crippen molar-refractivity contribution in [2.45, 2.75) is 12.8 Å². The Labute approximate surface area is 147 Å². The van der Waals surface area contributed by atoms with Crippen molar-refractivity contribution in [1.29, 1.82) is 0 Å². The lowest BCUT2D eigenvalue weighted by molar-refractivity contribution is 0.0761. The summed E-state index contributed by atoms with van der Waals surface area (Å²) in [5, 5.41) is 0.415. The van der Waals surface area contributed by atoms with E-state index in [1.165, 1.54) is 6.20 Å². The number of nitrogens with zero attached hydrogens (tertiary/aromatic N) is 5. The second-order valence-electron chi connectivity index (χ2n) is 6.05. The van der Waals surface area contributed by atoms with Gasteiger partial charge in [-0.25, -0.2) is 4.98 Å². The SMILES string of the molecule is Cn1ccnc1CCN1CCCN(C(=O)c2ccncc2Cl)CC1. The van der Waals surface area contributed by atoms with Gasteiger partial charge in [0.15, 0.2) is 0 Å². The number of hydrogen-bond acceptors (Lipinski definition) is 4. The Hall–Kier alpha value is -1.92. The number of imidazole rings is 1. The van der Waals surface area contributed by atoms with Crippen LogP contribution in [0.15, 0.2) is 30.9 Å². The van der Waals surface area contributed by atoms with Gasteiger partial charge in [0.25, 0.3) is 5.91 Å². The van der Waals surface area contributed by atoms with Gasteiger partial charge < -0.3 is 14.4 Å². The lowest BCUT2D eigenvalue weighted by Crippen LogP contribution is -2.36. The second kappa shape index (κ2) is 7.77. The molecule has 0 aliphatic carbocycles. The van der Waals surface area contributed by atoms with Crippen molar-refractivity contribution >= 4 is 17.5 Å². The van der Waals surface area contributed by atoms with Gasteiger partial charge in [0.05, 0.1) is 10.6 Å². The monoisotopic (exact) mass is 347 g/mol. The van der Waals surface area contributed by atoms with E-state index in [-0.39, 0.29) is 5.91 Å². The summed E-state index contributed by atoms with van der Waals surface area (Å²) in [5.74, 6) is 1.09. The van der Waals surface area contributed by atoms with Crippen molar-refractivity contribution in [3.63, 3.8) is 0 Å². The molecule has 0 radical (unpaired) electrons. The maximum Gasteiger partial charge on any atom is 0.255 e. The summed E-state index contributed by atoms with van der Waals surface area (Å²) in [6, 6.07) is 1.69. The molecule has 0 N–H and O–H groups in total. The minimum Gasteiger partial charge on any atom is -0.338 e. The Morgan fingerprint density at radius 2 is 2.12 bits per heavy atom. The number of amides is 1. The molecule has 24 heavy (non-hydrogen) atoms. The third kappa shape index (κ3) is 3.94. The molecule has 0 atom stereocenters. The summed E-state index contributed by atoms with van der Waals surface area (Å²) in [6.07, 6.45) is 8.82. The molecule has 128 valence electrons. The molecule has 7 heteroatoms. The van der Waals surface area contributed by atoms with Crippen LogP contribution in [0.25, 0.3) is 0 Å². The molecule has 0 unspecified atom stereocenters. The van der Waals surface area contributed by atoms with E-state index in [0.29, 0.717) is 10.6 Å². The van der Waals surface area contributed by atoms with Gasteiger partial charge in [-0.05, 0) is 19.0 Å². The van der Waals surface area contributed by atoms with Crippen LogP contribution in [0.4, 0.5) is 0 Å². The van der Waals surface area contributed by atoms with Crippen LogP contribution in [0.5, 0.6) is 0 Å². The molecule has 3 heterocycles. The van der Waals surface area contributed by atoms with Gasteiger partial charge >= 0.3 is 0 Å². The highest BCUT2D eigenvalue weighted by molar-refractivity contribution is 6.33. The highest BCUT2D eigenvalue weighted by Crippen LogP contribution is 2.17. The molecule has 1 amide bonds. The third-order valence-corrected chi connectivity index (χ3v) is 4.75. The Bertz CT molecular complexity index is 702. The van der Waals surface area contributed by atoms with Crippen LogP contribution in [0.2, 0.25) is 5.02 Å². The number of rotatable bonds is 4. The largest absolute Gasteiger partial charge is 0.338 e. The molecule has 3 rings (SSSR count). The lowest BCUT2D eigenvalue weighted by atomic mass is 10.2. The van der Waals surface area contributed by atoms with Gasteiger partial charge in [-0.1, -0.05) is 11.6 Å². The Morgan fingerprint density at radius 3 is 2.88 bits per heavy atom. The van der Waals surface area contributed by atoms with Crippen LogP contribution >= 0.6 is 11.6 Å². The first-order valence-electron chi connectivity index (χ1n) is 8.22. The van der Waals surface area contributed by atoms with Crippen LogP contribution in [-0.2, 0) is 13.5 Å². The molecule has 0 spiro atoms. The number of aromatic nitrogens is 3. The predicted molar refractivity (Wildman–Crippen MR) is 93.1 cm³/mol. The minimum absolute atomic E-state index is 0.00616. The Kier molecular flexibility index (Phi) is 5.48. The standard InChI is InChI=1S/C17H22ClN5O/c1-21-10-6-20-16(21)4-9-22-7-2-8-23(12-11-22)17(24)14-3-5-19-13-15(14)18/h3,5-6,10,13H,2,4,7-9,11-12H2,1H3. The number of carbonyl (C=O) groups excluding carboxylic acids is 1. The summed E-state index contributed by atoms with van der Waals surface area (Å²) < 4.78 is 2.05. The second-order valence-corrected chi connectivity index (χ2v) is 6.45. The molecule has 0 aromatic carbocycles. The molecular formula is C17H22ClN5O. The Balaban J connectivity index is 1.56. The van der Waals surface area contributed by atoms with Crippen molar-refractivity contribution in [2.75, 3.05) is 32.7 Å². The number of halogens is 1. The van der Waals surface area contributed by atoms with Crippen LogP contribution in [0, 0.1) is 0 Å². The maximum atomic E-state index is 12.7. The van der Waals surface area contributed by atoms with Crippen molar-refractivity contribution < 1.29 is 4.79 Å². The molecule has 1 aliphatic rings. The Morgan fingerprint density at radius 1 is 1.25 bits per heavy atom. The first-order valence-corrected chi connectivity index (χ1v) is 8.60. The van der Waals surface area contributed by atoms with Gasteiger partial charge in [0.2, 0.25) is 0 Å². The van der Waals surface area contributed by atoms with E-state index >= 15 is 0 Å². The van der Waals surface area contributed by atoms with Gasteiger partial charge in [-0.3, -0.25) is 9.78 Å². The zero-order chi connectivity index (χ0) is 16.9. The van der Waals surface area contributed by atoms with Crippen molar-refractivity contribution in [3.8, 4) is 0 Å². The van der Waals surface area contributed by atoms with Gasteiger partial charge in [-0.2, -0.15) is 0 Å². The molecule has 0 bridgehead atoms. The number of carbonyl (C=O) groups is 1. The molecule has 1 fully saturated rings. The zero-order valence-corrected chi connectivity index (χ0v) is 14.6. The van der Waals surface area contributed by atoms with Crippen molar-refractivity contribution in [1.82, 2.24) is 24.3 Å². The minimum atomic E-state index is -0.00616. The molecule has 0 saturated carbocycles.